The van der Waals surface area contributed by atoms with Crippen LogP contribution in [-0.2, 0) is 13.0 Å². The Bertz CT molecular complexity index is 656. The van der Waals surface area contributed by atoms with Gasteiger partial charge in [-0.15, -0.1) is 0 Å². The van der Waals surface area contributed by atoms with Gasteiger partial charge in [0, 0.05) is 19.3 Å². The van der Waals surface area contributed by atoms with Crippen molar-refractivity contribution in [1.82, 2.24) is 9.88 Å². The van der Waals surface area contributed by atoms with Crippen molar-refractivity contribution in [2.24, 2.45) is 0 Å². The number of rotatable bonds is 3. The molecule has 4 nitrogen and oxygen atoms in total. The molecular weight excluding hydrogens is 271 g/mol. The Labute approximate surface area is 122 Å². The molecule has 5 heteroatoms. The van der Waals surface area contributed by atoms with E-state index in [1.165, 1.54) is 19.2 Å². The molecule has 0 fully saturated rings. The third-order valence-corrected chi connectivity index (χ3v) is 3.65. The molecule has 1 aliphatic rings. The molecule has 1 aliphatic heterocycles. The van der Waals surface area contributed by atoms with Gasteiger partial charge in [0.1, 0.15) is 11.6 Å². The van der Waals surface area contributed by atoms with Crippen molar-refractivity contribution in [1.29, 1.82) is 0 Å². The van der Waals surface area contributed by atoms with Gasteiger partial charge in [-0.2, -0.15) is 0 Å². The number of hydrogen-bond donors (Lipinski definition) is 0. The molecule has 0 atom stereocenters. The molecule has 0 saturated carbocycles. The van der Waals surface area contributed by atoms with E-state index in [4.69, 9.17) is 4.74 Å². The predicted octanol–water partition coefficient (Wildman–Crippen LogP) is 2.43. The zero-order valence-electron chi connectivity index (χ0n) is 11.7. The van der Waals surface area contributed by atoms with Crippen molar-refractivity contribution in [3.8, 4) is 5.75 Å². The summed E-state index contributed by atoms with van der Waals surface area (Å²) >= 11 is 0. The number of aromatic nitrogens is 1. The maximum Gasteiger partial charge on any atom is 0.258 e. The number of fused-ring (bicyclic) bond motifs is 1. The van der Waals surface area contributed by atoms with Crippen LogP contribution in [0.15, 0.2) is 36.7 Å². The van der Waals surface area contributed by atoms with Crippen LogP contribution < -0.4 is 4.74 Å². The molecule has 1 amide bonds. The van der Waals surface area contributed by atoms with Crippen LogP contribution >= 0.6 is 0 Å². The zero-order valence-corrected chi connectivity index (χ0v) is 11.7. The van der Waals surface area contributed by atoms with E-state index in [0.717, 1.165) is 17.5 Å². The number of halogens is 1. The fourth-order valence-corrected chi connectivity index (χ4v) is 2.55. The summed E-state index contributed by atoms with van der Waals surface area (Å²) < 4.78 is 18.2. The first-order valence-corrected chi connectivity index (χ1v) is 6.73. The Hall–Kier alpha value is -2.43. The summed E-state index contributed by atoms with van der Waals surface area (Å²) in [6, 6.07) is 6.20. The molecule has 21 heavy (non-hydrogen) atoms. The molecule has 2 aromatic rings. The van der Waals surface area contributed by atoms with E-state index in [9.17, 15) is 9.18 Å². The first-order valence-electron chi connectivity index (χ1n) is 6.73. The van der Waals surface area contributed by atoms with Crippen LogP contribution in [0.2, 0.25) is 0 Å². The molecule has 1 aromatic heterocycles. The molecule has 1 aromatic carbocycles. The normalized spacial score (nSPS) is 14.0. The highest BCUT2D eigenvalue weighted by molar-refractivity contribution is 5.99. The molecule has 0 radical (unpaired) electrons. The molecule has 0 aliphatic carbocycles. The molecule has 0 N–H and O–H groups in total. The Morgan fingerprint density at radius 2 is 2.05 bits per heavy atom. The largest absolute Gasteiger partial charge is 0.494 e. The molecule has 0 bridgehead atoms. The first kappa shape index (κ1) is 13.5. The fourth-order valence-electron chi connectivity index (χ4n) is 2.55. The summed E-state index contributed by atoms with van der Waals surface area (Å²) in [5, 5.41) is 0. The minimum absolute atomic E-state index is 0.0696. The Morgan fingerprint density at radius 1 is 1.29 bits per heavy atom. The van der Waals surface area contributed by atoms with Gasteiger partial charge in [0.15, 0.2) is 0 Å². The van der Waals surface area contributed by atoms with E-state index < -0.39 is 0 Å². The van der Waals surface area contributed by atoms with Crippen molar-refractivity contribution in [3.63, 3.8) is 0 Å². The summed E-state index contributed by atoms with van der Waals surface area (Å²) in [6.07, 6.45) is 4.01. The van der Waals surface area contributed by atoms with Gasteiger partial charge in [0.05, 0.1) is 18.9 Å². The maximum atomic E-state index is 12.9. The van der Waals surface area contributed by atoms with E-state index in [2.05, 4.69) is 4.98 Å². The average Bonchev–Trinajstić information content (AvgIpc) is 2.51. The third kappa shape index (κ3) is 2.59. The lowest BCUT2D eigenvalue weighted by Crippen LogP contribution is -2.37. The van der Waals surface area contributed by atoms with Crippen LogP contribution in [0.25, 0.3) is 0 Å². The topological polar surface area (TPSA) is 42.4 Å². The van der Waals surface area contributed by atoms with E-state index in [1.807, 2.05) is 0 Å². The summed E-state index contributed by atoms with van der Waals surface area (Å²) in [7, 11) is 1.53. The molecule has 0 spiro atoms. The number of carbonyl (C=O) groups is 1. The number of benzene rings is 1. The summed E-state index contributed by atoms with van der Waals surface area (Å²) in [5.74, 6) is 0.156. The van der Waals surface area contributed by atoms with Gasteiger partial charge < -0.3 is 9.64 Å². The number of nitrogens with zero attached hydrogens (tertiary/aromatic N) is 2. The van der Waals surface area contributed by atoms with E-state index >= 15 is 0 Å². The average molecular weight is 286 g/mol. The van der Waals surface area contributed by atoms with Crippen LogP contribution in [0, 0.1) is 5.82 Å². The summed E-state index contributed by atoms with van der Waals surface area (Å²) in [4.78, 5) is 18.4. The van der Waals surface area contributed by atoms with Crippen LogP contribution in [0.4, 0.5) is 4.39 Å². The van der Waals surface area contributed by atoms with E-state index in [1.54, 1.807) is 29.4 Å². The van der Waals surface area contributed by atoms with Crippen molar-refractivity contribution in [2.45, 2.75) is 13.0 Å². The standard InChI is InChI=1S/C16H15FN2O2/c1-21-14-9-18-8-12-6-7-19(16(20)15(12)14)10-11-2-4-13(17)5-3-11/h2-5,8-9H,6-7,10H2,1H3. The highest BCUT2D eigenvalue weighted by atomic mass is 19.1. The smallest absolute Gasteiger partial charge is 0.258 e. The van der Waals surface area contributed by atoms with Gasteiger partial charge in [0.25, 0.3) is 5.91 Å². The van der Waals surface area contributed by atoms with Gasteiger partial charge in [-0.05, 0) is 29.7 Å². The lowest BCUT2D eigenvalue weighted by Gasteiger charge is -2.29. The number of pyridine rings is 1. The minimum Gasteiger partial charge on any atom is -0.494 e. The van der Waals surface area contributed by atoms with Crippen molar-refractivity contribution in [2.75, 3.05) is 13.7 Å². The second kappa shape index (κ2) is 5.52. The minimum atomic E-state index is -0.276. The Morgan fingerprint density at radius 3 is 2.76 bits per heavy atom. The van der Waals surface area contributed by atoms with E-state index in [-0.39, 0.29) is 11.7 Å². The van der Waals surface area contributed by atoms with Gasteiger partial charge in [-0.3, -0.25) is 9.78 Å². The fraction of sp³-hybridized carbons (Fsp3) is 0.250. The van der Waals surface area contributed by atoms with Crippen LogP contribution in [0.5, 0.6) is 5.75 Å². The second-order valence-corrected chi connectivity index (χ2v) is 4.98. The second-order valence-electron chi connectivity index (χ2n) is 4.98. The lowest BCUT2D eigenvalue weighted by molar-refractivity contribution is 0.0722. The van der Waals surface area contributed by atoms with Crippen molar-refractivity contribution in [3.05, 3.63) is 59.2 Å². The third-order valence-electron chi connectivity index (χ3n) is 3.65. The molecular formula is C16H15FN2O2. The Kier molecular flexibility index (Phi) is 3.56. The number of amides is 1. The lowest BCUT2D eigenvalue weighted by atomic mass is 10.00. The quantitative estimate of drug-likeness (QED) is 0.870. The molecule has 0 unspecified atom stereocenters. The number of hydrogen-bond acceptors (Lipinski definition) is 3. The van der Waals surface area contributed by atoms with Crippen molar-refractivity contribution < 1.29 is 13.9 Å². The predicted molar refractivity (Wildman–Crippen MR) is 75.6 cm³/mol. The number of methoxy groups -OCH3 is 1. The maximum absolute atomic E-state index is 12.9. The van der Waals surface area contributed by atoms with Gasteiger partial charge in [-0.25, -0.2) is 4.39 Å². The van der Waals surface area contributed by atoms with Crippen LogP contribution in [-0.4, -0.2) is 29.4 Å². The summed E-state index contributed by atoms with van der Waals surface area (Å²) in [5.41, 5.74) is 2.40. The monoisotopic (exact) mass is 286 g/mol. The summed E-state index contributed by atoms with van der Waals surface area (Å²) in [6.45, 7) is 1.09. The highest BCUT2D eigenvalue weighted by Crippen LogP contribution is 2.27. The van der Waals surface area contributed by atoms with Gasteiger partial charge in [-0.1, -0.05) is 12.1 Å². The Balaban J connectivity index is 1.86. The van der Waals surface area contributed by atoms with Crippen LogP contribution in [0.1, 0.15) is 21.5 Å². The molecule has 2 heterocycles. The molecule has 0 saturated heterocycles. The van der Waals surface area contributed by atoms with Crippen molar-refractivity contribution >= 4 is 5.91 Å². The van der Waals surface area contributed by atoms with Gasteiger partial charge in [0.2, 0.25) is 0 Å². The molecule has 108 valence electrons. The SMILES string of the molecule is COc1cncc2c1C(=O)N(Cc1ccc(F)cc1)CC2. The van der Waals surface area contributed by atoms with Gasteiger partial charge >= 0.3 is 0 Å². The van der Waals surface area contributed by atoms with Crippen LogP contribution in [0.3, 0.4) is 0 Å². The number of ether oxygens (including phenoxy) is 1. The highest BCUT2D eigenvalue weighted by Gasteiger charge is 2.27. The van der Waals surface area contributed by atoms with E-state index in [0.29, 0.717) is 24.4 Å². The first-order chi connectivity index (χ1) is 10.2. The zero-order chi connectivity index (χ0) is 14.8. The molecule has 3 rings (SSSR count). The number of carbonyl (C=O) groups excluding carboxylic acids is 1.